The number of allylic oxidation sites excluding steroid dienone is 1. The van der Waals surface area contributed by atoms with Crippen molar-refractivity contribution in [1.29, 1.82) is 0 Å². The zero-order chi connectivity index (χ0) is 7.66. The second-order valence-electron chi connectivity index (χ2n) is 1.84. The van der Waals surface area contributed by atoms with Crippen molar-refractivity contribution >= 4 is 6.21 Å². The molecule has 0 atom stereocenters. The molecule has 2 N–H and O–H groups in total. The van der Waals surface area contributed by atoms with Crippen molar-refractivity contribution in [2.75, 3.05) is 13.2 Å². The lowest BCUT2D eigenvalue weighted by Crippen LogP contribution is -1.83. The predicted octanol–water partition coefficient (Wildman–Crippen LogP) is 1.28. The predicted molar refractivity (Wildman–Crippen MR) is 41.9 cm³/mol. The molecule has 0 amide bonds. The third-order valence-electron chi connectivity index (χ3n) is 0.973. The fourth-order valence-electron chi connectivity index (χ4n) is 0.483. The van der Waals surface area contributed by atoms with Crippen molar-refractivity contribution in [3.8, 4) is 0 Å². The molecule has 0 aromatic heterocycles. The fraction of sp³-hybridized carbons (Fsp3) is 0.571. The molecule has 0 radical (unpaired) electrons. The second kappa shape index (κ2) is 8.14. The third kappa shape index (κ3) is 7.14. The first-order chi connectivity index (χ1) is 4.91. The van der Waals surface area contributed by atoms with Gasteiger partial charge in [0.25, 0.3) is 0 Å². The van der Waals surface area contributed by atoms with Gasteiger partial charge in [0.1, 0.15) is 0 Å². The number of hydrogen-bond acceptors (Lipinski definition) is 2. The van der Waals surface area contributed by atoms with E-state index in [-0.39, 0.29) is 6.67 Å². The van der Waals surface area contributed by atoms with Crippen LogP contribution in [-0.4, -0.2) is 19.4 Å². The SMILES string of the molecule is NC=CC=NCCCCF. The smallest absolute Gasteiger partial charge is 0.0895 e. The van der Waals surface area contributed by atoms with Crippen molar-refractivity contribution in [3.05, 3.63) is 12.3 Å². The molecule has 10 heavy (non-hydrogen) atoms. The lowest BCUT2D eigenvalue weighted by atomic mass is 10.3. The number of hydrogen-bond donors (Lipinski definition) is 1. The van der Waals surface area contributed by atoms with E-state index in [4.69, 9.17) is 5.73 Å². The number of rotatable bonds is 5. The Morgan fingerprint density at radius 1 is 1.40 bits per heavy atom. The Kier molecular flexibility index (Phi) is 7.44. The van der Waals surface area contributed by atoms with Crippen LogP contribution in [0.1, 0.15) is 12.8 Å². The molecule has 0 aliphatic rings. The summed E-state index contributed by atoms with van der Waals surface area (Å²) in [7, 11) is 0. The Hall–Kier alpha value is -0.860. The zero-order valence-corrected chi connectivity index (χ0v) is 5.96. The molecule has 3 heteroatoms. The highest BCUT2D eigenvalue weighted by Gasteiger charge is 1.81. The van der Waals surface area contributed by atoms with Crippen LogP contribution in [-0.2, 0) is 0 Å². The molecular formula is C7H13FN2. The molecule has 0 unspecified atom stereocenters. The van der Waals surface area contributed by atoms with Gasteiger partial charge >= 0.3 is 0 Å². The molecular weight excluding hydrogens is 131 g/mol. The first kappa shape index (κ1) is 9.14. The highest BCUT2D eigenvalue weighted by atomic mass is 19.1. The van der Waals surface area contributed by atoms with E-state index in [2.05, 4.69) is 4.99 Å². The van der Waals surface area contributed by atoms with Crippen LogP contribution in [0.2, 0.25) is 0 Å². The number of aliphatic imine (C=N–C) groups is 1. The van der Waals surface area contributed by atoms with Gasteiger partial charge in [0.2, 0.25) is 0 Å². The van der Waals surface area contributed by atoms with Gasteiger partial charge in [-0.05, 0) is 25.1 Å². The van der Waals surface area contributed by atoms with Crippen molar-refractivity contribution in [1.82, 2.24) is 0 Å². The Balaban J connectivity index is 3.02. The normalized spacial score (nSPS) is 11.7. The van der Waals surface area contributed by atoms with Crippen LogP contribution >= 0.6 is 0 Å². The van der Waals surface area contributed by atoms with E-state index in [0.29, 0.717) is 13.0 Å². The Bertz CT molecular complexity index is 110. The molecule has 0 aromatic rings. The molecule has 0 rings (SSSR count). The third-order valence-corrected chi connectivity index (χ3v) is 0.973. The van der Waals surface area contributed by atoms with Crippen molar-refractivity contribution in [2.24, 2.45) is 10.7 Å². The Labute approximate surface area is 60.6 Å². The fourth-order valence-corrected chi connectivity index (χ4v) is 0.483. The van der Waals surface area contributed by atoms with Crippen molar-refractivity contribution < 1.29 is 4.39 Å². The number of alkyl halides is 1. The molecule has 0 saturated carbocycles. The number of unbranched alkanes of at least 4 members (excludes halogenated alkanes) is 1. The molecule has 0 heterocycles. The summed E-state index contributed by atoms with van der Waals surface area (Å²) >= 11 is 0. The monoisotopic (exact) mass is 144 g/mol. The van der Waals surface area contributed by atoms with Gasteiger partial charge in [-0.2, -0.15) is 0 Å². The van der Waals surface area contributed by atoms with E-state index in [1.54, 1.807) is 12.3 Å². The molecule has 0 aliphatic heterocycles. The summed E-state index contributed by atoms with van der Waals surface area (Å²) in [6.07, 6.45) is 6.10. The van der Waals surface area contributed by atoms with Crippen LogP contribution in [0.15, 0.2) is 17.3 Å². The van der Waals surface area contributed by atoms with Gasteiger partial charge in [-0.15, -0.1) is 0 Å². The summed E-state index contributed by atoms with van der Waals surface area (Å²) in [5.41, 5.74) is 5.04. The van der Waals surface area contributed by atoms with Gasteiger partial charge in [0.15, 0.2) is 0 Å². The van der Waals surface area contributed by atoms with Gasteiger partial charge in [-0.3, -0.25) is 9.38 Å². The average molecular weight is 144 g/mol. The van der Waals surface area contributed by atoms with Crippen molar-refractivity contribution in [3.63, 3.8) is 0 Å². The Morgan fingerprint density at radius 3 is 2.80 bits per heavy atom. The maximum absolute atomic E-state index is 11.5. The largest absolute Gasteiger partial charge is 0.405 e. The summed E-state index contributed by atoms with van der Waals surface area (Å²) in [5, 5.41) is 0. The maximum atomic E-state index is 11.5. The van der Waals surface area contributed by atoms with Gasteiger partial charge in [0, 0.05) is 12.8 Å². The van der Waals surface area contributed by atoms with Crippen LogP contribution in [0.3, 0.4) is 0 Å². The molecule has 0 aliphatic carbocycles. The minimum Gasteiger partial charge on any atom is -0.405 e. The van der Waals surface area contributed by atoms with Crippen LogP contribution in [0.5, 0.6) is 0 Å². The number of nitrogens with two attached hydrogens (primary N) is 1. The van der Waals surface area contributed by atoms with Gasteiger partial charge < -0.3 is 5.73 Å². The molecule has 0 spiro atoms. The lowest BCUT2D eigenvalue weighted by Gasteiger charge is -1.88. The standard InChI is InChI=1S/C7H13FN2/c8-4-1-2-6-10-7-3-5-9/h3,5,7H,1-2,4,6,9H2. The summed E-state index contributed by atoms with van der Waals surface area (Å²) in [6.45, 7) is 0.441. The topological polar surface area (TPSA) is 38.4 Å². The minimum atomic E-state index is -0.248. The summed E-state index contributed by atoms with van der Waals surface area (Å²) in [5.74, 6) is 0. The van der Waals surface area contributed by atoms with E-state index in [9.17, 15) is 4.39 Å². The highest BCUT2D eigenvalue weighted by Crippen LogP contribution is 1.88. The Morgan fingerprint density at radius 2 is 2.20 bits per heavy atom. The first-order valence-electron chi connectivity index (χ1n) is 3.34. The molecule has 2 nitrogen and oxygen atoms in total. The molecule has 0 fully saturated rings. The van der Waals surface area contributed by atoms with Gasteiger partial charge in [-0.25, -0.2) is 0 Å². The van der Waals surface area contributed by atoms with Crippen LogP contribution in [0.25, 0.3) is 0 Å². The first-order valence-corrected chi connectivity index (χ1v) is 3.34. The van der Waals surface area contributed by atoms with E-state index >= 15 is 0 Å². The summed E-state index contributed by atoms with van der Waals surface area (Å²) < 4.78 is 11.5. The van der Waals surface area contributed by atoms with Gasteiger partial charge in [-0.1, -0.05) is 0 Å². The second-order valence-corrected chi connectivity index (χ2v) is 1.84. The highest BCUT2D eigenvalue weighted by molar-refractivity contribution is 5.70. The molecule has 0 saturated heterocycles. The average Bonchev–Trinajstić information content (AvgIpc) is 1.97. The van der Waals surface area contributed by atoms with Gasteiger partial charge in [0.05, 0.1) is 6.67 Å². The maximum Gasteiger partial charge on any atom is 0.0895 e. The molecule has 0 aromatic carbocycles. The lowest BCUT2D eigenvalue weighted by molar-refractivity contribution is 0.464. The number of halogens is 1. The minimum absolute atomic E-state index is 0.248. The van der Waals surface area contributed by atoms with E-state index in [1.807, 2.05) is 0 Å². The summed E-state index contributed by atoms with van der Waals surface area (Å²) in [4.78, 5) is 3.94. The van der Waals surface area contributed by atoms with E-state index in [0.717, 1.165) is 6.42 Å². The van der Waals surface area contributed by atoms with E-state index < -0.39 is 0 Å². The van der Waals surface area contributed by atoms with E-state index in [1.165, 1.54) is 6.20 Å². The number of nitrogens with zero attached hydrogens (tertiary/aromatic N) is 1. The van der Waals surface area contributed by atoms with Crippen LogP contribution < -0.4 is 5.73 Å². The quantitative estimate of drug-likeness (QED) is 0.458. The zero-order valence-electron chi connectivity index (χ0n) is 5.96. The van der Waals surface area contributed by atoms with Crippen LogP contribution in [0, 0.1) is 0 Å². The molecule has 0 bridgehead atoms. The summed E-state index contributed by atoms with van der Waals surface area (Å²) in [6, 6.07) is 0. The van der Waals surface area contributed by atoms with Crippen molar-refractivity contribution in [2.45, 2.75) is 12.8 Å². The van der Waals surface area contributed by atoms with Crippen LogP contribution in [0.4, 0.5) is 4.39 Å². The molecule has 58 valence electrons.